The lowest BCUT2D eigenvalue weighted by molar-refractivity contribution is -0.120. The molecule has 0 heterocycles. The van der Waals surface area contributed by atoms with E-state index >= 15 is 0 Å². The molecule has 0 atom stereocenters. The van der Waals surface area contributed by atoms with Crippen LogP contribution in [0.2, 0.25) is 0 Å². The van der Waals surface area contributed by atoms with E-state index in [-0.39, 0.29) is 5.91 Å². The van der Waals surface area contributed by atoms with Crippen molar-refractivity contribution in [3.63, 3.8) is 0 Å². The fourth-order valence-electron chi connectivity index (χ4n) is 2.37. The van der Waals surface area contributed by atoms with E-state index in [1.807, 2.05) is 36.4 Å². The van der Waals surface area contributed by atoms with Crippen molar-refractivity contribution >= 4 is 11.6 Å². The summed E-state index contributed by atoms with van der Waals surface area (Å²) in [6.45, 7) is 5.68. The van der Waals surface area contributed by atoms with Gasteiger partial charge in [0.25, 0.3) is 0 Å². The Balaban J connectivity index is 1.61. The molecule has 0 spiro atoms. The first-order chi connectivity index (χ1) is 12.1. The van der Waals surface area contributed by atoms with Gasteiger partial charge in [-0.15, -0.1) is 0 Å². The lowest BCUT2D eigenvalue weighted by Crippen LogP contribution is -2.29. The highest BCUT2D eigenvalue weighted by Gasteiger charge is 2.03. The van der Waals surface area contributed by atoms with Crippen molar-refractivity contribution in [2.45, 2.75) is 20.3 Å². The Morgan fingerprint density at radius 2 is 1.72 bits per heavy atom. The quantitative estimate of drug-likeness (QED) is 0.687. The van der Waals surface area contributed by atoms with Crippen LogP contribution < -0.4 is 20.1 Å². The summed E-state index contributed by atoms with van der Waals surface area (Å²) in [7, 11) is 1.63. The lowest BCUT2D eigenvalue weighted by atomic mass is 10.1. The Hall–Kier alpha value is -2.69. The molecule has 2 rings (SSSR count). The van der Waals surface area contributed by atoms with Gasteiger partial charge in [0, 0.05) is 18.7 Å². The van der Waals surface area contributed by atoms with Crippen LogP contribution in [0.3, 0.4) is 0 Å². The van der Waals surface area contributed by atoms with Crippen molar-refractivity contribution in [2.75, 3.05) is 32.1 Å². The highest BCUT2D eigenvalue weighted by Crippen LogP contribution is 2.18. The predicted molar refractivity (Wildman–Crippen MR) is 101 cm³/mol. The maximum absolute atomic E-state index is 11.9. The third-order valence-electron chi connectivity index (χ3n) is 4.02. The number of benzene rings is 2. The number of carbonyl (C=O) groups excluding carboxylic acids is 1. The second kappa shape index (κ2) is 9.57. The number of amides is 1. The van der Waals surface area contributed by atoms with E-state index in [2.05, 4.69) is 30.5 Å². The summed E-state index contributed by atoms with van der Waals surface area (Å²) in [5.41, 5.74) is 3.54. The zero-order valence-corrected chi connectivity index (χ0v) is 15.1. The number of hydrogen-bond donors (Lipinski definition) is 2. The summed E-state index contributed by atoms with van der Waals surface area (Å²) in [6, 6.07) is 13.5. The zero-order valence-electron chi connectivity index (χ0n) is 15.1. The van der Waals surface area contributed by atoms with E-state index in [0.717, 1.165) is 17.2 Å². The molecular weight excluding hydrogens is 316 g/mol. The molecule has 0 saturated carbocycles. The second-order valence-electron chi connectivity index (χ2n) is 5.80. The number of ether oxygens (including phenoxy) is 2. The van der Waals surface area contributed by atoms with Gasteiger partial charge >= 0.3 is 0 Å². The van der Waals surface area contributed by atoms with Crippen LogP contribution in [0.4, 0.5) is 5.69 Å². The zero-order chi connectivity index (χ0) is 18.1. The maximum Gasteiger partial charge on any atom is 0.221 e. The van der Waals surface area contributed by atoms with E-state index in [4.69, 9.17) is 9.47 Å². The molecule has 1 amide bonds. The molecule has 2 N–H and O–H groups in total. The largest absolute Gasteiger partial charge is 0.497 e. The van der Waals surface area contributed by atoms with Gasteiger partial charge in [-0.2, -0.15) is 0 Å². The van der Waals surface area contributed by atoms with Gasteiger partial charge in [-0.3, -0.25) is 4.79 Å². The standard InChI is InChI=1S/C20H26N2O3/c1-15-5-4-6-19(16(15)2)21-12-11-20(23)22-13-14-25-18-9-7-17(24-3)8-10-18/h4-10,21H,11-14H2,1-3H3,(H,22,23). The lowest BCUT2D eigenvalue weighted by Gasteiger charge is -2.12. The molecule has 25 heavy (non-hydrogen) atoms. The van der Waals surface area contributed by atoms with Crippen LogP contribution in [0.5, 0.6) is 11.5 Å². The van der Waals surface area contributed by atoms with Crippen molar-refractivity contribution < 1.29 is 14.3 Å². The number of carbonyl (C=O) groups is 1. The molecular formula is C20H26N2O3. The normalized spacial score (nSPS) is 10.2. The molecule has 0 bridgehead atoms. The summed E-state index contributed by atoms with van der Waals surface area (Å²) in [5.74, 6) is 1.56. The van der Waals surface area contributed by atoms with Crippen LogP contribution in [0.25, 0.3) is 0 Å². The van der Waals surface area contributed by atoms with Gasteiger partial charge in [0.15, 0.2) is 0 Å². The van der Waals surface area contributed by atoms with Gasteiger partial charge in [-0.05, 0) is 55.3 Å². The average molecular weight is 342 g/mol. The predicted octanol–water partition coefficient (Wildman–Crippen LogP) is 3.31. The molecule has 0 fully saturated rings. The minimum Gasteiger partial charge on any atom is -0.497 e. The van der Waals surface area contributed by atoms with E-state index in [9.17, 15) is 4.79 Å². The number of rotatable bonds is 9. The van der Waals surface area contributed by atoms with Gasteiger partial charge in [0.05, 0.1) is 13.7 Å². The minimum atomic E-state index is 0.0103. The van der Waals surface area contributed by atoms with Crippen molar-refractivity contribution in [1.29, 1.82) is 0 Å². The first kappa shape index (κ1) is 18.6. The van der Waals surface area contributed by atoms with Crippen LogP contribution in [0.15, 0.2) is 42.5 Å². The molecule has 0 aliphatic heterocycles. The Morgan fingerprint density at radius 1 is 1.00 bits per heavy atom. The van der Waals surface area contributed by atoms with E-state index in [1.165, 1.54) is 11.1 Å². The Labute approximate surface area is 149 Å². The van der Waals surface area contributed by atoms with Gasteiger partial charge < -0.3 is 20.1 Å². The molecule has 5 heteroatoms. The molecule has 5 nitrogen and oxygen atoms in total. The third-order valence-corrected chi connectivity index (χ3v) is 4.02. The Kier molecular flexibility index (Phi) is 7.14. The molecule has 0 saturated heterocycles. The van der Waals surface area contributed by atoms with E-state index in [0.29, 0.717) is 26.1 Å². The maximum atomic E-state index is 11.9. The van der Waals surface area contributed by atoms with Gasteiger partial charge in [-0.1, -0.05) is 12.1 Å². The molecule has 0 aliphatic rings. The SMILES string of the molecule is COc1ccc(OCCNC(=O)CCNc2cccc(C)c2C)cc1. The topological polar surface area (TPSA) is 59.6 Å². The van der Waals surface area contributed by atoms with Crippen LogP contribution in [-0.4, -0.2) is 32.7 Å². The summed E-state index contributed by atoms with van der Waals surface area (Å²) in [6.07, 6.45) is 0.427. The smallest absolute Gasteiger partial charge is 0.221 e. The van der Waals surface area contributed by atoms with Gasteiger partial charge in [0.2, 0.25) is 5.91 Å². The van der Waals surface area contributed by atoms with Crippen molar-refractivity contribution in [3.8, 4) is 11.5 Å². The number of methoxy groups -OCH3 is 1. The van der Waals surface area contributed by atoms with Gasteiger partial charge in [0.1, 0.15) is 18.1 Å². The molecule has 0 aromatic heterocycles. The Bertz CT molecular complexity index is 684. The monoisotopic (exact) mass is 342 g/mol. The average Bonchev–Trinajstić information content (AvgIpc) is 2.63. The molecule has 0 radical (unpaired) electrons. The van der Waals surface area contributed by atoms with Crippen LogP contribution in [-0.2, 0) is 4.79 Å². The highest BCUT2D eigenvalue weighted by molar-refractivity contribution is 5.76. The van der Waals surface area contributed by atoms with Crippen LogP contribution >= 0.6 is 0 Å². The van der Waals surface area contributed by atoms with E-state index in [1.54, 1.807) is 7.11 Å². The summed E-state index contributed by atoms with van der Waals surface area (Å²) < 4.78 is 10.7. The fraction of sp³-hybridized carbons (Fsp3) is 0.350. The highest BCUT2D eigenvalue weighted by atomic mass is 16.5. The third kappa shape index (κ3) is 6.03. The summed E-state index contributed by atoms with van der Waals surface area (Å²) in [5, 5.41) is 6.17. The molecule has 0 unspecified atom stereocenters. The first-order valence-corrected chi connectivity index (χ1v) is 8.44. The Morgan fingerprint density at radius 3 is 2.44 bits per heavy atom. The van der Waals surface area contributed by atoms with Crippen molar-refractivity contribution in [1.82, 2.24) is 5.32 Å². The molecule has 0 aliphatic carbocycles. The van der Waals surface area contributed by atoms with Crippen molar-refractivity contribution in [2.24, 2.45) is 0 Å². The molecule has 134 valence electrons. The summed E-state index contributed by atoms with van der Waals surface area (Å²) in [4.78, 5) is 11.9. The number of hydrogen-bond acceptors (Lipinski definition) is 4. The van der Waals surface area contributed by atoms with Crippen molar-refractivity contribution in [3.05, 3.63) is 53.6 Å². The minimum absolute atomic E-state index is 0.0103. The number of nitrogens with one attached hydrogen (secondary N) is 2. The second-order valence-corrected chi connectivity index (χ2v) is 5.80. The van der Waals surface area contributed by atoms with Gasteiger partial charge in [-0.25, -0.2) is 0 Å². The fourth-order valence-corrected chi connectivity index (χ4v) is 2.37. The van der Waals surface area contributed by atoms with Crippen LogP contribution in [0.1, 0.15) is 17.5 Å². The van der Waals surface area contributed by atoms with E-state index < -0.39 is 0 Å². The number of aryl methyl sites for hydroxylation is 1. The molecule has 2 aromatic carbocycles. The first-order valence-electron chi connectivity index (χ1n) is 8.44. The number of anilines is 1. The van der Waals surface area contributed by atoms with Crippen LogP contribution in [0, 0.1) is 13.8 Å². The molecule has 2 aromatic rings. The summed E-state index contributed by atoms with van der Waals surface area (Å²) >= 11 is 0.